The number of aliphatic hydroxyl groups is 1. The molecule has 0 bridgehead atoms. The summed E-state index contributed by atoms with van der Waals surface area (Å²) in [7, 11) is 0. The minimum atomic E-state index is 0.00411. The lowest BCUT2D eigenvalue weighted by atomic mass is 10.1. The van der Waals surface area contributed by atoms with Crippen LogP contribution in [0.1, 0.15) is 5.56 Å². The minimum absolute atomic E-state index is 0.00411. The van der Waals surface area contributed by atoms with Crippen molar-refractivity contribution in [3.05, 3.63) is 59.1 Å². The molecule has 3 aromatic rings. The highest BCUT2D eigenvalue weighted by Crippen LogP contribution is 2.39. The van der Waals surface area contributed by atoms with E-state index in [4.69, 9.17) is 11.6 Å². The molecule has 2 aromatic carbocycles. The van der Waals surface area contributed by atoms with Crippen LogP contribution in [0.15, 0.2) is 48.5 Å². The van der Waals surface area contributed by atoms with Gasteiger partial charge in [0.1, 0.15) is 0 Å². The Kier molecular flexibility index (Phi) is 3.08. The molecule has 0 aliphatic rings. The number of benzene rings is 2. The smallest absolute Gasteiger partial charge is 0.0688 e. The van der Waals surface area contributed by atoms with Gasteiger partial charge in [0.05, 0.1) is 6.61 Å². The van der Waals surface area contributed by atoms with E-state index >= 15 is 0 Å². The van der Waals surface area contributed by atoms with Gasteiger partial charge in [-0.2, -0.15) is 0 Å². The van der Waals surface area contributed by atoms with Gasteiger partial charge in [-0.05, 0) is 29.1 Å². The van der Waals surface area contributed by atoms with E-state index in [0.717, 1.165) is 16.0 Å². The van der Waals surface area contributed by atoms with Crippen LogP contribution in [0, 0.1) is 0 Å². The Morgan fingerprint density at radius 1 is 1.06 bits per heavy atom. The Balaban J connectivity index is 2.25. The van der Waals surface area contributed by atoms with Crippen molar-refractivity contribution in [2.75, 3.05) is 0 Å². The van der Waals surface area contributed by atoms with Gasteiger partial charge in [0.2, 0.25) is 0 Å². The molecular formula is C15H11ClOS. The van der Waals surface area contributed by atoms with Crippen molar-refractivity contribution in [3.8, 4) is 10.4 Å². The number of aliphatic hydroxyl groups excluding tert-OH is 1. The molecule has 0 spiro atoms. The fourth-order valence-corrected chi connectivity index (χ4v) is 3.59. The van der Waals surface area contributed by atoms with E-state index in [9.17, 15) is 5.11 Å². The monoisotopic (exact) mass is 274 g/mol. The summed E-state index contributed by atoms with van der Waals surface area (Å²) in [4.78, 5) is 1.10. The summed E-state index contributed by atoms with van der Waals surface area (Å²) in [6, 6.07) is 16.0. The van der Waals surface area contributed by atoms with Crippen LogP contribution < -0.4 is 0 Å². The average Bonchev–Trinajstić information content (AvgIpc) is 2.81. The SMILES string of the molecule is OCc1cccc(Cl)c1-c1cc2ccccc2s1. The topological polar surface area (TPSA) is 20.2 Å². The highest BCUT2D eigenvalue weighted by Gasteiger charge is 2.11. The van der Waals surface area contributed by atoms with Crippen LogP contribution in [0.5, 0.6) is 0 Å². The maximum absolute atomic E-state index is 9.43. The first kappa shape index (κ1) is 11.7. The van der Waals surface area contributed by atoms with Crippen LogP contribution in [-0.2, 0) is 6.61 Å². The number of fused-ring (bicyclic) bond motifs is 1. The lowest BCUT2D eigenvalue weighted by Gasteiger charge is -2.06. The summed E-state index contributed by atoms with van der Waals surface area (Å²) >= 11 is 7.96. The molecule has 1 N–H and O–H groups in total. The standard InChI is InChI=1S/C15H11ClOS/c16-12-6-3-5-11(9-17)15(12)14-8-10-4-1-2-7-13(10)18-14/h1-8,17H,9H2. The van der Waals surface area contributed by atoms with Gasteiger partial charge in [-0.3, -0.25) is 0 Å². The van der Waals surface area contributed by atoms with Crippen LogP contribution >= 0.6 is 22.9 Å². The molecule has 0 unspecified atom stereocenters. The largest absolute Gasteiger partial charge is 0.392 e. The molecular weight excluding hydrogens is 264 g/mol. The molecule has 0 atom stereocenters. The lowest BCUT2D eigenvalue weighted by molar-refractivity contribution is 0.282. The van der Waals surface area contributed by atoms with Crippen molar-refractivity contribution >= 4 is 33.0 Å². The van der Waals surface area contributed by atoms with Gasteiger partial charge in [0.25, 0.3) is 0 Å². The van der Waals surface area contributed by atoms with E-state index in [-0.39, 0.29) is 6.61 Å². The van der Waals surface area contributed by atoms with E-state index < -0.39 is 0 Å². The average molecular weight is 275 g/mol. The summed E-state index contributed by atoms with van der Waals surface area (Å²) in [6.45, 7) is 0.00411. The summed E-state index contributed by atoms with van der Waals surface area (Å²) < 4.78 is 1.23. The Morgan fingerprint density at radius 2 is 1.89 bits per heavy atom. The zero-order valence-electron chi connectivity index (χ0n) is 9.56. The zero-order chi connectivity index (χ0) is 12.5. The molecule has 0 saturated heterocycles. The first-order valence-electron chi connectivity index (χ1n) is 5.67. The van der Waals surface area contributed by atoms with Crippen LogP contribution in [-0.4, -0.2) is 5.11 Å². The van der Waals surface area contributed by atoms with Crippen molar-refractivity contribution in [1.29, 1.82) is 0 Å². The number of hydrogen-bond acceptors (Lipinski definition) is 2. The van der Waals surface area contributed by atoms with Crippen LogP contribution in [0.3, 0.4) is 0 Å². The van der Waals surface area contributed by atoms with Crippen LogP contribution in [0.25, 0.3) is 20.5 Å². The number of halogens is 1. The number of thiophene rings is 1. The highest BCUT2D eigenvalue weighted by molar-refractivity contribution is 7.22. The van der Waals surface area contributed by atoms with Crippen LogP contribution in [0.4, 0.5) is 0 Å². The molecule has 0 saturated carbocycles. The molecule has 18 heavy (non-hydrogen) atoms. The van der Waals surface area contributed by atoms with Crippen molar-refractivity contribution in [2.45, 2.75) is 6.61 Å². The van der Waals surface area contributed by atoms with Gasteiger partial charge in [0.15, 0.2) is 0 Å². The summed E-state index contributed by atoms with van der Waals surface area (Å²) in [5, 5.41) is 11.3. The molecule has 1 nitrogen and oxygen atoms in total. The van der Waals surface area contributed by atoms with Gasteiger partial charge in [0, 0.05) is 20.2 Å². The summed E-state index contributed by atoms with van der Waals surface area (Å²) in [5.41, 5.74) is 1.82. The Labute approximate surface area is 114 Å². The van der Waals surface area contributed by atoms with E-state index in [1.807, 2.05) is 30.3 Å². The third-order valence-corrected chi connectivity index (χ3v) is 4.39. The van der Waals surface area contributed by atoms with Crippen molar-refractivity contribution in [2.24, 2.45) is 0 Å². The molecule has 0 fully saturated rings. The van der Waals surface area contributed by atoms with Gasteiger partial charge in [-0.1, -0.05) is 41.9 Å². The first-order chi connectivity index (χ1) is 8.79. The quantitative estimate of drug-likeness (QED) is 0.717. The fourth-order valence-electron chi connectivity index (χ4n) is 2.08. The highest BCUT2D eigenvalue weighted by atomic mass is 35.5. The van der Waals surface area contributed by atoms with Gasteiger partial charge in [-0.25, -0.2) is 0 Å². The molecule has 0 aliphatic heterocycles. The molecule has 90 valence electrons. The third-order valence-electron chi connectivity index (χ3n) is 2.94. The second-order valence-corrected chi connectivity index (χ2v) is 5.57. The van der Waals surface area contributed by atoms with Crippen molar-refractivity contribution < 1.29 is 5.11 Å². The summed E-state index contributed by atoms with van der Waals surface area (Å²) in [5.74, 6) is 0. The maximum Gasteiger partial charge on any atom is 0.0688 e. The third kappa shape index (κ3) is 1.93. The van der Waals surface area contributed by atoms with Gasteiger partial charge < -0.3 is 5.11 Å². The van der Waals surface area contributed by atoms with Crippen LogP contribution in [0.2, 0.25) is 5.02 Å². The Morgan fingerprint density at radius 3 is 2.67 bits per heavy atom. The lowest BCUT2D eigenvalue weighted by Crippen LogP contribution is -1.88. The van der Waals surface area contributed by atoms with E-state index in [1.165, 1.54) is 10.1 Å². The van der Waals surface area contributed by atoms with Crippen molar-refractivity contribution in [3.63, 3.8) is 0 Å². The second-order valence-electron chi connectivity index (χ2n) is 4.08. The molecule has 0 aliphatic carbocycles. The Bertz CT molecular complexity index is 670. The van der Waals surface area contributed by atoms with Gasteiger partial charge in [-0.15, -0.1) is 11.3 Å². The Hall–Kier alpha value is -1.35. The van der Waals surface area contributed by atoms with Crippen molar-refractivity contribution in [1.82, 2.24) is 0 Å². The van der Waals surface area contributed by atoms with E-state index in [0.29, 0.717) is 5.02 Å². The maximum atomic E-state index is 9.43. The zero-order valence-corrected chi connectivity index (χ0v) is 11.1. The fraction of sp³-hybridized carbons (Fsp3) is 0.0667. The van der Waals surface area contributed by atoms with E-state index in [2.05, 4.69) is 18.2 Å². The molecule has 0 amide bonds. The summed E-state index contributed by atoms with van der Waals surface area (Å²) in [6.07, 6.45) is 0. The molecule has 3 rings (SSSR count). The molecule has 0 radical (unpaired) electrons. The predicted octanol–water partition coefficient (Wildman–Crippen LogP) is 4.71. The number of hydrogen-bond donors (Lipinski definition) is 1. The second kappa shape index (κ2) is 4.73. The molecule has 1 heterocycles. The van der Waals surface area contributed by atoms with Gasteiger partial charge >= 0.3 is 0 Å². The first-order valence-corrected chi connectivity index (χ1v) is 6.86. The normalized spacial score (nSPS) is 11.0. The minimum Gasteiger partial charge on any atom is -0.392 e. The molecule has 3 heteroatoms. The number of rotatable bonds is 2. The van der Waals surface area contributed by atoms with E-state index in [1.54, 1.807) is 11.3 Å². The predicted molar refractivity (Wildman–Crippen MR) is 78.2 cm³/mol. The molecule has 1 aromatic heterocycles.